The lowest BCUT2D eigenvalue weighted by molar-refractivity contribution is -0.116. The maximum Gasteiger partial charge on any atom is 0.0596 e. The standard InChI is InChI=1S/C19H30OS/c1-18-8-7-14-12(13(18)5-6-17(18)20)4-3-11-9-15-16(21-15)10-19(11,14)2/h11-17,20H,3-10H2,1-2H3/t11-,12-,13-,14-,15+,16?,17-,18-,19-/m0/s1. The molecule has 1 nitrogen and oxygen atoms in total. The molecule has 1 N–H and O–H groups in total. The van der Waals surface area contributed by atoms with Crippen molar-refractivity contribution < 1.29 is 5.11 Å². The molecule has 0 aromatic rings. The lowest BCUT2D eigenvalue weighted by Gasteiger charge is -2.60. The first-order chi connectivity index (χ1) is 10.0. The molecule has 4 saturated carbocycles. The van der Waals surface area contributed by atoms with Gasteiger partial charge in [-0.05, 0) is 85.9 Å². The van der Waals surface area contributed by atoms with Crippen molar-refractivity contribution in [2.75, 3.05) is 0 Å². The number of aliphatic hydroxyl groups is 1. The van der Waals surface area contributed by atoms with Crippen LogP contribution in [-0.2, 0) is 0 Å². The van der Waals surface area contributed by atoms with Crippen LogP contribution in [0.5, 0.6) is 0 Å². The third-order valence-corrected chi connectivity index (χ3v) is 10.3. The van der Waals surface area contributed by atoms with Gasteiger partial charge in [0.25, 0.3) is 0 Å². The van der Waals surface area contributed by atoms with Gasteiger partial charge in [-0.15, -0.1) is 0 Å². The van der Waals surface area contributed by atoms with Gasteiger partial charge in [0.15, 0.2) is 0 Å². The molecule has 2 heteroatoms. The first kappa shape index (κ1) is 13.7. The van der Waals surface area contributed by atoms with E-state index in [0.717, 1.165) is 40.6 Å². The second-order valence-corrected chi connectivity index (χ2v) is 10.9. The van der Waals surface area contributed by atoms with E-state index in [-0.39, 0.29) is 11.5 Å². The zero-order chi connectivity index (χ0) is 14.4. The molecule has 0 aromatic carbocycles. The zero-order valence-electron chi connectivity index (χ0n) is 13.6. The molecule has 5 rings (SSSR count). The Morgan fingerprint density at radius 3 is 2.57 bits per heavy atom. The fourth-order valence-electron chi connectivity index (χ4n) is 7.49. The average molecular weight is 307 g/mol. The maximum atomic E-state index is 10.5. The van der Waals surface area contributed by atoms with Gasteiger partial charge in [-0.2, -0.15) is 11.8 Å². The summed E-state index contributed by atoms with van der Waals surface area (Å²) >= 11 is 2.28. The number of hydrogen-bond donors (Lipinski definition) is 1. The fourth-order valence-corrected chi connectivity index (χ4v) is 8.86. The van der Waals surface area contributed by atoms with E-state index in [9.17, 15) is 5.11 Å². The van der Waals surface area contributed by atoms with Crippen molar-refractivity contribution in [1.29, 1.82) is 0 Å². The van der Waals surface area contributed by atoms with Gasteiger partial charge in [0.05, 0.1) is 6.10 Å². The van der Waals surface area contributed by atoms with Crippen LogP contribution < -0.4 is 0 Å². The molecule has 0 bridgehead atoms. The second-order valence-electron chi connectivity index (χ2n) is 9.45. The monoisotopic (exact) mass is 306 g/mol. The first-order valence-corrected chi connectivity index (χ1v) is 10.3. The van der Waals surface area contributed by atoms with Crippen LogP contribution in [0, 0.1) is 34.5 Å². The molecule has 0 aromatic heterocycles. The lowest BCUT2D eigenvalue weighted by Crippen LogP contribution is -2.54. The van der Waals surface area contributed by atoms with E-state index in [1.54, 1.807) is 0 Å². The molecule has 1 aliphatic heterocycles. The molecule has 5 aliphatic rings. The normalized spacial score (nSPS) is 65.0. The van der Waals surface area contributed by atoms with Gasteiger partial charge < -0.3 is 5.11 Å². The molecule has 5 fully saturated rings. The van der Waals surface area contributed by atoms with Gasteiger partial charge in [0.1, 0.15) is 0 Å². The van der Waals surface area contributed by atoms with E-state index >= 15 is 0 Å². The minimum Gasteiger partial charge on any atom is -0.393 e. The smallest absolute Gasteiger partial charge is 0.0596 e. The summed E-state index contributed by atoms with van der Waals surface area (Å²) in [7, 11) is 0. The van der Waals surface area contributed by atoms with Crippen molar-refractivity contribution in [3.63, 3.8) is 0 Å². The van der Waals surface area contributed by atoms with E-state index in [2.05, 4.69) is 25.6 Å². The van der Waals surface area contributed by atoms with E-state index < -0.39 is 0 Å². The summed E-state index contributed by atoms with van der Waals surface area (Å²) in [5.74, 6) is 3.75. The molecule has 0 spiro atoms. The van der Waals surface area contributed by atoms with Crippen molar-refractivity contribution >= 4 is 11.8 Å². The van der Waals surface area contributed by atoms with Gasteiger partial charge in [0.2, 0.25) is 0 Å². The molecule has 9 atom stereocenters. The molecule has 1 saturated heterocycles. The predicted octanol–water partition coefficient (Wildman–Crippen LogP) is 4.48. The molecule has 4 aliphatic carbocycles. The van der Waals surface area contributed by atoms with Crippen molar-refractivity contribution in [2.24, 2.45) is 34.5 Å². The van der Waals surface area contributed by atoms with E-state index in [4.69, 9.17) is 0 Å². The van der Waals surface area contributed by atoms with Crippen LogP contribution in [0.2, 0.25) is 0 Å². The van der Waals surface area contributed by atoms with E-state index in [0.29, 0.717) is 5.41 Å². The summed E-state index contributed by atoms with van der Waals surface area (Å²) in [5.41, 5.74) is 0.901. The zero-order valence-corrected chi connectivity index (χ0v) is 14.4. The molecule has 1 heterocycles. The van der Waals surface area contributed by atoms with Crippen LogP contribution in [0.1, 0.15) is 65.2 Å². The number of fused-ring (bicyclic) bond motifs is 6. The Bertz CT molecular complexity index is 464. The van der Waals surface area contributed by atoms with Crippen LogP contribution in [0.25, 0.3) is 0 Å². The molecule has 21 heavy (non-hydrogen) atoms. The van der Waals surface area contributed by atoms with E-state index in [1.165, 1.54) is 44.9 Å². The van der Waals surface area contributed by atoms with Crippen molar-refractivity contribution in [1.82, 2.24) is 0 Å². The number of aliphatic hydroxyl groups excluding tert-OH is 1. The van der Waals surface area contributed by atoms with Gasteiger partial charge in [0, 0.05) is 10.5 Å². The summed E-state index contributed by atoms with van der Waals surface area (Å²) < 4.78 is 0. The number of hydrogen-bond acceptors (Lipinski definition) is 2. The highest BCUT2D eigenvalue weighted by molar-refractivity contribution is 8.07. The minimum atomic E-state index is -0.0105. The summed E-state index contributed by atoms with van der Waals surface area (Å²) in [6.45, 7) is 5.07. The van der Waals surface area contributed by atoms with Gasteiger partial charge >= 0.3 is 0 Å². The van der Waals surface area contributed by atoms with Crippen molar-refractivity contribution in [3.8, 4) is 0 Å². The number of thioether (sulfide) groups is 1. The van der Waals surface area contributed by atoms with Crippen LogP contribution in [0.15, 0.2) is 0 Å². The SMILES string of the molecule is C[C@]12CC3S[C@@H]3C[C@@H]1CC[C@@H]1[C@@H]2CC[C@]2(C)[C@@H](O)CC[C@@H]12. The topological polar surface area (TPSA) is 20.2 Å². The Morgan fingerprint density at radius 2 is 1.71 bits per heavy atom. The first-order valence-electron chi connectivity index (χ1n) is 9.36. The predicted molar refractivity (Wildman–Crippen MR) is 88.3 cm³/mol. The molecular formula is C19H30OS. The summed E-state index contributed by atoms with van der Waals surface area (Å²) in [4.78, 5) is 0. The Balaban J connectivity index is 1.47. The van der Waals surface area contributed by atoms with Crippen LogP contribution in [-0.4, -0.2) is 21.7 Å². The minimum absolute atomic E-state index is 0.0105. The molecule has 0 radical (unpaired) electrons. The Hall–Kier alpha value is 0.310. The highest BCUT2D eigenvalue weighted by Crippen LogP contribution is 2.70. The lowest BCUT2D eigenvalue weighted by atomic mass is 9.45. The highest BCUT2D eigenvalue weighted by atomic mass is 32.2. The van der Waals surface area contributed by atoms with E-state index in [1.807, 2.05) is 0 Å². The summed E-state index contributed by atoms with van der Waals surface area (Å²) in [6.07, 6.45) is 11.1. The molecular weight excluding hydrogens is 276 g/mol. The molecule has 118 valence electrons. The molecule has 1 unspecified atom stereocenters. The van der Waals surface area contributed by atoms with Crippen LogP contribution in [0.3, 0.4) is 0 Å². The van der Waals surface area contributed by atoms with Gasteiger partial charge in [-0.25, -0.2) is 0 Å². The number of rotatable bonds is 0. The quantitative estimate of drug-likeness (QED) is 0.666. The van der Waals surface area contributed by atoms with Crippen molar-refractivity contribution in [2.45, 2.75) is 81.8 Å². The molecule has 0 amide bonds. The Labute approximate surface area is 133 Å². The van der Waals surface area contributed by atoms with Crippen LogP contribution >= 0.6 is 11.8 Å². The summed E-state index contributed by atoms with van der Waals surface area (Å²) in [5, 5.41) is 12.6. The van der Waals surface area contributed by atoms with Gasteiger partial charge in [-0.3, -0.25) is 0 Å². The highest BCUT2D eigenvalue weighted by Gasteiger charge is 2.63. The Kier molecular flexibility index (Phi) is 2.76. The maximum absolute atomic E-state index is 10.5. The summed E-state index contributed by atoms with van der Waals surface area (Å²) in [6, 6.07) is 0. The third-order valence-electron chi connectivity index (χ3n) is 8.86. The Morgan fingerprint density at radius 1 is 0.905 bits per heavy atom. The van der Waals surface area contributed by atoms with Crippen molar-refractivity contribution in [3.05, 3.63) is 0 Å². The second kappa shape index (κ2) is 4.23. The van der Waals surface area contributed by atoms with Gasteiger partial charge in [-0.1, -0.05) is 13.8 Å². The fraction of sp³-hybridized carbons (Fsp3) is 1.00. The largest absolute Gasteiger partial charge is 0.393 e. The third kappa shape index (κ3) is 1.70. The average Bonchev–Trinajstić information content (AvgIpc) is 3.12. The van der Waals surface area contributed by atoms with Crippen LogP contribution in [0.4, 0.5) is 0 Å².